The first-order valence-corrected chi connectivity index (χ1v) is 11.3. The minimum Gasteiger partial charge on any atom is -0.493 e. The molecule has 37 heavy (non-hydrogen) atoms. The summed E-state index contributed by atoms with van der Waals surface area (Å²) in [7, 11) is 1.46. The fraction of sp³-hybridized carbons (Fsp3) is 0.231. The quantitative estimate of drug-likeness (QED) is 0.437. The van der Waals surface area contributed by atoms with E-state index in [4.69, 9.17) is 24.7 Å². The lowest BCUT2D eigenvalue weighted by atomic mass is 9.84. The molecule has 1 unspecified atom stereocenters. The summed E-state index contributed by atoms with van der Waals surface area (Å²) in [5.41, 5.74) is 8.68. The van der Waals surface area contributed by atoms with E-state index in [9.17, 15) is 20.0 Å². The molecule has 0 amide bonds. The zero-order chi connectivity index (χ0) is 26.7. The molecule has 11 nitrogen and oxygen atoms in total. The monoisotopic (exact) mass is 504 g/mol. The molecule has 0 saturated carbocycles. The van der Waals surface area contributed by atoms with Crippen molar-refractivity contribution in [3.05, 3.63) is 76.3 Å². The van der Waals surface area contributed by atoms with Crippen LogP contribution in [0.25, 0.3) is 5.69 Å². The number of aromatic nitrogens is 2. The summed E-state index contributed by atoms with van der Waals surface area (Å²) < 4.78 is 23.2. The Morgan fingerprint density at radius 2 is 2.03 bits per heavy atom. The first-order chi connectivity index (χ1) is 17.8. The van der Waals surface area contributed by atoms with Gasteiger partial charge in [0.25, 0.3) is 0 Å². The Bertz CT molecular complexity index is 1450. The number of hydrogen-bond acceptors (Lipinski definition) is 9. The molecule has 0 bridgehead atoms. The lowest BCUT2D eigenvalue weighted by molar-refractivity contribution is -0.145. The van der Waals surface area contributed by atoms with Gasteiger partial charge in [-0.15, -0.1) is 0 Å². The molecule has 1 aliphatic rings. The summed E-state index contributed by atoms with van der Waals surface area (Å²) in [6.07, 6.45) is 0. The third-order valence-corrected chi connectivity index (χ3v) is 5.74. The van der Waals surface area contributed by atoms with Crippen LogP contribution in [0.4, 0.5) is 0 Å². The van der Waals surface area contributed by atoms with E-state index >= 15 is 0 Å². The Morgan fingerprint density at radius 3 is 2.70 bits per heavy atom. The van der Waals surface area contributed by atoms with E-state index in [1.165, 1.54) is 23.9 Å². The third kappa shape index (κ3) is 4.77. The van der Waals surface area contributed by atoms with Crippen molar-refractivity contribution in [1.29, 1.82) is 5.26 Å². The van der Waals surface area contributed by atoms with Crippen LogP contribution in [0.2, 0.25) is 0 Å². The van der Waals surface area contributed by atoms with Crippen LogP contribution in [0.3, 0.4) is 0 Å². The molecule has 1 aliphatic heterocycles. The Kier molecular flexibility index (Phi) is 7.01. The average molecular weight is 504 g/mol. The van der Waals surface area contributed by atoms with E-state index < -0.39 is 17.9 Å². The minimum absolute atomic E-state index is 0.0798. The molecule has 4 rings (SSSR count). The van der Waals surface area contributed by atoms with E-state index in [1.807, 2.05) is 0 Å². The van der Waals surface area contributed by atoms with Gasteiger partial charge in [-0.25, -0.2) is 14.3 Å². The molecule has 1 aromatic heterocycles. The highest BCUT2D eigenvalue weighted by molar-refractivity contribution is 5.88. The number of rotatable bonds is 8. The summed E-state index contributed by atoms with van der Waals surface area (Å²) in [5.74, 6) is -1.43. The molecule has 0 saturated heterocycles. The maximum absolute atomic E-state index is 11.7. The molecule has 3 N–H and O–H groups in total. The molecular weight excluding hydrogens is 480 g/mol. The van der Waals surface area contributed by atoms with Gasteiger partial charge in [-0.05, 0) is 49.7 Å². The zero-order valence-corrected chi connectivity index (χ0v) is 20.3. The molecule has 0 aliphatic carbocycles. The summed E-state index contributed by atoms with van der Waals surface area (Å²) in [4.78, 5) is 23.2. The Hall–Kier alpha value is -4.98. The van der Waals surface area contributed by atoms with Crippen molar-refractivity contribution in [3.8, 4) is 29.1 Å². The van der Waals surface area contributed by atoms with Gasteiger partial charge in [0.15, 0.2) is 18.1 Å². The number of aryl methyl sites for hydroxylation is 1. The van der Waals surface area contributed by atoms with Crippen LogP contribution in [0.15, 0.2) is 53.9 Å². The van der Waals surface area contributed by atoms with Gasteiger partial charge in [-0.3, -0.25) is 0 Å². The van der Waals surface area contributed by atoms with Crippen LogP contribution in [0.5, 0.6) is 17.4 Å². The van der Waals surface area contributed by atoms with Crippen LogP contribution in [-0.4, -0.2) is 47.1 Å². The number of allylic oxidation sites excluding steroid dienone is 1. The van der Waals surface area contributed by atoms with Crippen LogP contribution in [-0.2, 0) is 9.53 Å². The number of fused-ring (bicyclic) bond motifs is 1. The highest BCUT2D eigenvalue weighted by Crippen LogP contribution is 2.46. The number of nitrogens with zero attached hydrogens (tertiary/aromatic N) is 3. The van der Waals surface area contributed by atoms with Crippen LogP contribution < -0.4 is 19.9 Å². The van der Waals surface area contributed by atoms with Crippen LogP contribution in [0, 0.1) is 18.3 Å². The number of nitriles is 1. The van der Waals surface area contributed by atoms with Crippen molar-refractivity contribution in [2.75, 3.05) is 20.3 Å². The number of carbonyl (C=O) groups excluding carboxylic acids is 1. The summed E-state index contributed by atoms with van der Waals surface area (Å²) in [6.45, 7) is 3.41. The van der Waals surface area contributed by atoms with E-state index in [1.54, 1.807) is 44.2 Å². The highest BCUT2D eigenvalue weighted by Gasteiger charge is 2.36. The molecule has 1 atom stereocenters. The predicted octanol–water partition coefficient (Wildman–Crippen LogP) is 3.05. The molecule has 2 aromatic carbocycles. The number of aromatic carboxylic acids is 1. The largest absolute Gasteiger partial charge is 0.493 e. The van der Waals surface area contributed by atoms with Crippen molar-refractivity contribution in [2.24, 2.45) is 5.73 Å². The number of esters is 1. The number of hydrogen-bond donors (Lipinski definition) is 2. The van der Waals surface area contributed by atoms with Gasteiger partial charge >= 0.3 is 11.9 Å². The van der Waals surface area contributed by atoms with Gasteiger partial charge in [-0.2, -0.15) is 10.4 Å². The van der Waals surface area contributed by atoms with Gasteiger partial charge in [-0.1, -0.05) is 12.1 Å². The van der Waals surface area contributed by atoms with Crippen molar-refractivity contribution >= 4 is 11.9 Å². The van der Waals surface area contributed by atoms with Gasteiger partial charge in [0.1, 0.15) is 11.6 Å². The van der Waals surface area contributed by atoms with Crippen LogP contribution >= 0.6 is 0 Å². The number of ether oxygens (including phenoxy) is 4. The molecule has 0 spiro atoms. The Morgan fingerprint density at radius 1 is 1.24 bits per heavy atom. The fourth-order valence-corrected chi connectivity index (χ4v) is 4.12. The van der Waals surface area contributed by atoms with Gasteiger partial charge in [0.05, 0.1) is 42.1 Å². The summed E-state index contributed by atoms with van der Waals surface area (Å²) in [5, 5.41) is 23.9. The lowest BCUT2D eigenvalue weighted by Gasteiger charge is -2.25. The van der Waals surface area contributed by atoms with Crippen molar-refractivity contribution in [3.63, 3.8) is 0 Å². The lowest BCUT2D eigenvalue weighted by Crippen LogP contribution is -2.22. The maximum atomic E-state index is 11.7. The molecule has 3 aromatic rings. The average Bonchev–Trinajstić information content (AvgIpc) is 3.22. The van der Waals surface area contributed by atoms with Crippen LogP contribution in [0.1, 0.15) is 40.0 Å². The molecule has 11 heteroatoms. The van der Waals surface area contributed by atoms with Gasteiger partial charge in [0, 0.05) is 0 Å². The smallest absolute Gasteiger partial charge is 0.344 e. The maximum Gasteiger partial charge on any atom is 0.344 e. The molecule has 0 fully saturated rings. The predicted molar refractivity (Wildman–Crippen MR) is 130 cm³/mol. The first kappa shape index (κ1) is 25.1. The third-order valence-electron chi connectivity index (χ3n) is 5.74. The van der Waals surface area contributed by atoms with Gasteiger partial charge in [0.2, 0.25) is 11.8 Å². The summed E-state index contributed by atoms with van der Waals surface area (Å²) in [6, 6.07) is 13.4. The fourth-order valence-electron chi connectivity index (χ4n) is 4.12. The zero-order valence-electron chi connectivity index (χ0n) is 20.3. The standard InChI is InChI=1S/C26H24N4O7/c1-4-35-21(31)13-36-19-9-8-15(11-20(19)34-3)23-18(12-27)24(28)37-25-22(23)14(2)29-30(25)17-7-5-6-16(10-17)26(32)33/h5-11,23H,4,13,28H2,1-3H3,(H,32,33). The second kappa shape index (κ2) is 10.3. The number of carboxylic acid groups (broad SMARTS) is 1. The first-order valence-electron chi connectivity index (χ1n) is 11.3. The molecule has 0 radical (unpaired) electrons. The van der Waals surface area contributed by atoms with E-state index in [2.05, 4.69) is 11.2 Å². The summed E-state index contributed by atoms with van der Waals surface area (Å²) >= 11 is 0. The molecule has 2 heterocycles. The van der Waals surface area contributed by atoms with Crippen molar-refractivity contribution < 1.29 is 33.6 Å². The van der Waals surface area contributed by atoms with Crippen molar-refractivity contribution in [2.45, 2.75) is 19.8 Å². The molecule has 190 valence electrons. The number of carbonyl (C=O) groups is 2. The Balaban J connectivity index is 1.80. The number of carboxylic acids is 1. The second-order valence-corrected chi connectivity index (χ2v) is 8.00. The van der Waals surface area contributed by atoms with Gasteiger partial charge < -0.3 is 29.8 Å². The topological polar surface area (TPSA) is 159 Å². The van der Waals surface area contributed by atoms with E-state index in [0.717, 1.165) is 0 Å². The second-order valence-electron chi connectivity index (χ2n) is 8.00. The van der Waals surface area contributed by atoms with Crippen molar-refractivity contribution in [1.82, 2.24) is 9.78 Å². The Labute approximate surface area is 212 Å². The van der Waals surface area contributed by atoms with E-state index in [0.29, 0.717) is 34.0 Å². The number of methoxy groups -OCH3 is 1. The number of nitrogens with two attached hydrogens (primary N) is 1. The van der Waals surface area contributed by atoms with E-state index in [-0.39, 0.29) is 36.1 Å². The number of benzene rings is 2. The minimum atomic E-state index is -1.08. The SMILES string of the molecule is CCOC(=O)COc1ccc(C2C(C#N)=C(N)Oc3c2c(C)nn3-c2cccc(C(=O)O)c2)cc1OC. The normalized spacial score (nSPS) is 14.3. The molecular formula is C26H24N4O7. The highest BCUT2D eigenvalue weighted by atomic mass is 16.6.